The van der Waals surface area contributed by atoms with Gasteiger partial charge in [0.1, 0.15) is 0 Å². The van der Waals surface area contributed by atoms with Crippen LogP contribution in [-0.2, 0) is 10.8 Å². The molecule has 0 heterocycles. The standard InChI is InChI=1S/C27H40F4O/c1-3-5-6-8-20-11-15-22(16-12-20)32-27(30,31)24-18-17-23(25(28)26(24)29)21-13-9-19(7-4-2)10-14-21/h17-22H,3-16H2,1-2H3. The maximum atomic E-state index is 14.8. The van der Waals surface area contributed by atoms with Crippen LogP contribution in [0, 0.1) is 23.5 Å². The maximum Gasteiger partial charge on any atom is 0.386 e. The first-order valence-corrected chi connectivity index (χ1v) is 12.9. The van der Waals surface area contributed by atoms with Gasteiger partial charge in [-0.05, 0) is 80.8 Å². The van der Waals surface area contributed by atoms with Crippen molar-refractivity contribution in [2.24, 2.45) is 11.8 Å². The highest BCUT2D eigenvalue weighted by Crippen LogP contribution is 2.42. The maximum absolute atomic E-state index is 14.8. The Morgan fingerprint density at radius 1 is 0.781 bits per heavy atom. The molecule has 32 heavy (non-hydrogen) atoms. The molecule has 1 nitrogen and oxygen atoms in total. The molecule has 0 aliphatic heterocycles. The van der Waals surface area contributed by atoms with E-state index < -0.39 is 29.4 Å². The molecule has 2 aliphatic rings. The van der Waals surface area contributed by atoms with Crippen LogP contribution in [0.3, 0.4) is 0 Å². The lowest BCUT2D eigenvalue weighted by molar-refractivity contribution is -0.279. The lowest BCUT2D eigenvalue weighted by atomic mass is 9.77. The predicted molar refractivity (Wildman–Crippen MR) is 121 cm³/mol. The van der Waals surface area contributed by atoms with Crippen molar-refractivity contribution in [3.8, 4) is 0 Å². The van der Waals surface area contributed by atoms with E-state index in [4.69, 9.17) is 4.74 Å². The first-order chi connectivity index (χ1) is 15.4. The van der Waals surface area contributed by atoms with Crippen molar-refractivity contribution in [1.82, 2.24) is 0 Å². The van der Waals surface area contributed by atoms with Crippen LogP contribution in [0.2, 0.25) is 0 Å². The lowest BCUT2D eigenvalue weighted by Gasteiger charge is -2.32. The highest BCUT2D eigenvalue weighted by atomic mass is 19.3. The van der Waals surface area contributed by atoms with Gasteiger partial charge in [-0.1, -0.05) is 58.4 Å². The molecule has 0 amide bonds. The first-order valence-electron chi connectivity index (χ1n) is 12.9. The highest BCUT2D eigenvalue weighted by molar-refractivity contribution is 5.31. The van der Waals surface area contributed by atoms with Gasteiger partial charge in [-0.2, -0.15) is 8.78 Å². The van der Waals surface area contributed by atoms with Gasteiger partial charge < -0.3 is 4.74 Å². The van der Waals surface area contributed by atoms with Gasteiger partial charge in [0, 0.05) is 0 Å². The zero-order valence-corrected chi connectivity index (χ0v) is 19.8. The summed E-state index contributed by atoms with van der Waals surface area (Å²) in [6, 6.07) is 2.41. The topological polar surface area (TPSA) is 9.23 Å². The largest absolute Gasteiger partial charge is 0.386 e. The highest BCUT2D eigenvalue weighted by Gasteiger charge is 2.41. The quantitative estimate of drug-likeness (QED) is 0.252. The number of alkyl halides is 2. The Hall–Kier alpha value is -1.10. The van der Waals surface area contributed by atoms with Crippen molar-refractivity contribution in [2.45, 2.75) is 122 Å². The van der Waals surface area contributed by atoms with Gasteiger partial charge in [-0.15, -0.1) is 0 Å². The molecule has 1 aromatic carbocycles. The Kier molecular flexibility index (Phi) is 9.45. The fourth-order valence-electron chi connectivity index (χ4n) is 5.77. The van der Waals surface area contributed by atoms with Crippen LogP contribution in [0.4, 0.5) is 17.6 Å². The predicted octanol–water partition coefficient (Wildman–Crippen LogP) is 9.24. The van der Waals surface area contributed by atoms with E-state index in [2.05, 4.69) is 13.8 Å². The molecule has 0 unspecified atom stereocenters. The average molecular weight is 457 g/mol. The molecule has 0 bridgehead atoms. The Bertz CT molecular complexity index is 704. The van der Waals surface area contributed by atoms with Gasteiger partial charge in [-0.3, -0.25) is 0 Å². The average Bonchev–Trinajstić information content (AvgIpc) is 2.77. The van der Waals surface area contributed by atoms with Gasteiger partial charge in [0.05, 0.1) is 11.7 Å². The van der Waals surface area contributed by atoms with E-state index >= 15 is 0 Å². The van der Waals surface area contributed by atoms with Crippen LogP contribution < -0.4 is 0 Å². The molecule has 0 atom stereocenters. The molecule has 3 rings (SSSR count). The summed E-state index contributed by atoms with van der Waals surface area (Å²) >= 11 is 0. The van der Waals surface area contributed by atoms with Gasteiger partial charge in [0.2, 0.25) is 0 Å². The van der Waals surface area contributed by atoms with Crippen LogP contribution in [0.5, 0.6) is 0 Å². The second-order valence-electron chi connectivity index (χ2n) is 10.1. The molecule has 1 aromatic rings. The minimum atomic E-state index is -3.82. The molecule has 5 heteroatoms. The van der Waals surface area contributed by atoms with Gasteiger partial charge in [0.15, 0.2) is 11.6 Å². The number of hydrogen-bond acceptors (Lipinski definition) is 1. The van der Waals surface area contributed by atoms with E-state index in [9.17, 15) is 17.6 Å². The molecule has 0 spiro atoms. The third-order valence-electron chi connectivity index (χ3n) is 7.73. The zero-order chi connectivity index (χ0) is 23.1. The minimum Gasteiger partial charge on any atom is -0.313 e. The molecule has 2 saturated carbocycles. The normalized spacial score (nSPS) is 26.9. The Morgan fingerprint density at radius 2 is 1.41 bits per heavy atom. The molecule has 2 aliphatic carbocycles. The second kappa shape index (κ2) is 11.9. The van der Waals surface area contributed by atoms with Crippen molar-refractivity contribution < 1.29 is 22.3 Å². The molecule has 2 fully saturated rings. The molecular formula is C27H40F4O. The van der Waals surface area contributed by atoms with Crippen LogP contribution in [0.15, 0.2) is 12.1 Å². The fourth-order valence-corrected chi connectivity index (χ4v) is 5.77. The smallest absolute Gasteiger partial charge is 0.313 e. The van der Waals surface area contributed by atoms with Gasteiger partial charge in [0.25, 0.3) is 0 Å². The molecule has 0 N–H and O–H groups in total. The van der Waals surface area contributed by atoms with Crippen LogP contribution in [-0.4, -0.2) is 6.10 Å². The van der Waals surface area contributed by atoms with Crippen LogP contribution in [0.25, 0.3) is 0 Å². The summed E-state index contributed by atoms with van der Waals surface area (Å²) in [7, 11) is 0. The number of hydrogen-bond donors (Lipinski definition) is 0. The first kappa shape index (κ1) is 25.5. The van der Waals surface area contributed by atoms with Crippen molar-refractivity contribution in [2.75, 3.05) is 0 Å². The third kappa shape index (κ3) is 6.48. The number of benzene rings is 1. The van der Waals surface area contributed by atoms with E-state index in [-0.39, 0.29) is 11.5 Å². The summed E-state index contributed by atoms with van der Waals surface area (Å²) in [5, 5.41) is 0. The Balaban J connectivity index is 1.59. The Morgan fingerprint density at radius 3 is 2.03 bits per heavy atom. The van der Waals surface area contributed by atoms with Gasteiger partial charge in [-0.25, -0.2) is 8.78 Å². The summed E-state index contributed by atoms with van der Waals surface area (Å²) in [6.45, 7) is 4.32. The number of ether oxygens (including phenoxy) is 1. The van der Waals surface area contributed by atoms with Gasteiger partial charge >= 0.3 is 6.11 Å². The SMILES string of the molecule is CCCCCC1CCC(OC(F)(F)c2ccc(C3CCC(CCC)CC3)c(F)c2F)CC1. The summed E-state index contributed by atoms with van der Waals surface area (Å²) in [4.78, 5) is 0. The number of rotatable bonds is 10. The molecular weight excluding hydrogens is 416 g/mol. The van der Waals surface area contributed by atoms with E-state index in [1.165, 1.54) is 25.3 Å². The summed E-state index contributed by atoms with van der Waals surface area (Å²) in [5.41, 5.74) is -0.729. The van der Waals surface area contributed by atoms with E-state index in [1.54, 1.807) is 0 Å². The van der Waals surface area contributed by atoms with Crippen LogP contribution in [0.1, 0.15) is 121 Å². The summed E-state index contributed by atoms with van der Waals surface area (Å²) in [6.07, 6.45) is 8.93. The Labute approximate surface area is 191 Å². The van der Waals surface area contributed by atoms with Crippen molar-refractivity contribution >= 4 is 0 Å². The minimum absolute atomic E-state index is 0.0933. The molecule has 0 radical (unpaired) electrons. The van der Waals surface area contributed by atoms with Crippen molar-refractivity contribution in [3.63, 3.8) is 0 Å². The monoisotopic (exact) mass is 456 g/mol. The van der Waals surface area contributed by atoms with Crippen molar-refractivity contribution in [3.05, 3.63) is 34.9 Å². The van der Waals surface area contributed by atoms with Crippen LogP contribution >= 0.6 is 0 Å². The second-order valence-corrected chi connectivity index (χ2v) is 10.1. The summed E-state index contributed by atoms with van der Waals surface area (Å²) in [5.74, 6) is -1.45. The lowest BCUT2D eigenvalue weighted by Crippen LogP contribution is -2.30. The van der Waals surface area contributed by atoms with E-state index in [0.717, 1.165) is 63.9 Å². The zero-order valence-electron chi connectivity index (χ0n) is 19.8. The number of unbranched alkanes of at least 4 members (excludes halogenated alkanes) is 2. The van der Waals surface area contributed by atoms with E-state index in [0.29, 0.717) is 24.7 Å². The molecule has 0 saturated heterocycles. The third-order valence-corrected chi connectivity index (χ3v) is 7.73. The fraction of sp³-hybridized carbons (Fsp3) is 0.778. The summed E-state index contributed by atoms with van der Waals surface area (Å²) < 4.78 is 64.3. The van der Waals surface area contributed by atoms with Crippen molar-refractivity contribution in [1.29, 1.82) is 0 Å². The van der Waals surface area contributed by atoms with E-state index in [1.807, 2.05) is 0 Å². The number of halogens is 4. The molecule has 0 aromatic heterocycles. The molecule has 182 valence electrons.